The molecule has 3 aromatic carbocycles. The van der Waals surface area contributed by atoms with E-state index >= 15 is 0 Å². The van der Waals surface area contributed by atoms with Crippen molar-refractivity contribution < 1.29 is 23.8 Å². The van der Waals surface area contributed by atoms with Crippen molar-refractivity contribution >= 4 is 22.7 Å². The van der Waals surface area contributed by atoms with Crippen molar-refractivity contribution in [2.45, 2.75) is 13.8 Å². The van der Waals surface area contributed by atoms with Gasteiger partial charge in [-0.1, -0.05) is 6.07 Å². The molecule has 5 nitrogen and oxygen atoms in total. The molecular formula is C22H18O5. The van der Waals surface area contributed by atoms with Crippen LogP contribution in [0.15, 0.2) is 36.4 Å². The van der Waals surface area contributed by atoms with Crippen LogP contribution in [-0.4, -0.2) is 26.2 Å². The maximum Gasteiger partial charge on any atom is 0.347 e. The molecule has 0 radical (unpaired) electrons. The maximum absolute atomic E-state index is 12.4. The smallest absolute Gasteiger partial charge is 0.347 e. The van der Waals surface area contributed by atoms with Crippen LogP contribution in [0.25, 0.3) is 21.9 Å². The summed E-state index contributed by atoms with van der Waals surface area (Å²) in [6, 6.07) is 11.2. The Morgan fingerprint density at radius 1 is 0.778 bits per heavy atom. The molecule has 0 saturated carbocycles. The van der Waals surface area contributed by atoms with E-state index in [1.54, 1.807) is 20.3 Å². The number of hydrogen-bond acceptors (Lipinski definition) is 5. The largest absolute Gasteiger partial charge is 0.496 e. The molecule has 4 rings (SSSR count). The number of rotatable bonds is 3. The second kappa shape index (κ2) is 6.13. The van der Waals surface area contributed by atoms with Crippen molar-refractivity contribution in [1.82, 2.24) is 0 Å². The molecule has 1 aliphatic heterocycles. The molecule has 0 saturated heterocycles. The Kier molecular flexibility index (Phi) is 3.88. The first-order valence-corrected chi connectivity index (χ1v) is 8.51. The molecule has 0 aliphatic carbocycles. The molecule has 136 valence electrons. The summed E-state index contributed by atoms with van der Waals surface area (Å²) in [5.41, 5.74) is 3.94. The van der Waals surface area contributed by atoms with Gasteiger partial charge in [-0.2, -0.15) is 0 Å². The summed E-state index contributed by atoms with van der Waals surface area (Å²) >= 11 is 0. The van der Waals surface area contributed by atoms with E-state index in [4.69, 9.17) is 14.2 Å². The number of fused-ring (bicyclic) bond motifs is 2. The third kappa shape index (κ3) is 2.54. The van der Waals surface area contributed by atoms with E-state index in [1.807, 2.05) is 44.2 Å². The van der Waals surface area contributed by atoms with Gasteiger partial charge in [0.1, 0.15) is 11.5 Å². The van der Waals surface area contributed by atoms with E-state index in [9.17, 15) is 9.59 Å². The molecule has 1 heterocycles. The van der Waals surface area contributed by atoms with Crippen LogP contribution in [0.2, 0.25) is 0 Å². The van der Waals surface area contributed by atoms with Crippen LogP contribution in [0.3, 0.4) is 0 Å². The molecule has 0 fully saturated rings. The lowest BCUT2D eigenvalue weighted by Crippen LogP contribution is -2.00. The van der Waals surface area contributed by atoms with Crippen molar-refractivity contribution in [2.75, 3.05) is 14.2 Å². The average Bonchev–Trinajstić information content (AvgIpc) is 2.93. The van der Waals surface area contributed by atoms with Crippen LogP contribution >= 0.6 is 0 Å². The second-order valence-corrected chi connectivity index (χ2v) is 6.58. The topological polar surface area (TPSA) is 61.8 Å². The molecule has 27 heavy (non-hydrogen) atoms. The van der Waals surface area contributed by atoms with Crippen molar-refractivity contribution in [2.24, 2.45) is 0 Å². The number of methoxy groups -OCH3 is 2. The molecule has 1 aliphatic rings. The predicted molar refractivity (Wildman–Crippen MR) is 102 cm³/mol. The minimum atomic E-state index is -0.625. The highest BCUT2D eigenvalue weighted by Gasteiger charge is 2.34. The maximum atomic E-state index is 12.4. The fraction of sp³-hybridized carbons (Fsp3) is 0.182. The third-order valence-corrected chi connectivity index (χ3v) is 4.95. The van der Waals surface area contributed by atoms with Crippen molar-refractivity contribution in [3.05, 3.63) is 58.7 Å². The lowest BCUT2D eigenvalue weighted by Gasteiger charge is -2.15. The summed E-state index contributed by atoms with van der Waals surface area (Å²) < 4.78 is 15.7. The van der Waals surface area contributed by atoms with Gasteiger partial charge in [-0.3, -0.25) is 0 Å². The Labute approximate surface area is 156 Å². The molecule has 0 aromatic heterocycles. The number of ether oxygens (including phenoxy) is 3. The van der Waals surface area contributed by atoms with Gasteiger partial charge in [-0.25, -0.2) is 9.59 Å². The molecule has 0 bridgehead atoms. The van der Waals surface area contributed by atoms with Crippen molar-refractivity contribution in [3.63, 3.8) is 0 Å². The fourth-order valence-electron chi connectivity index (χ4n) is 3.66. The molecule has 5 heteroatoms. The van der Waals surface area contributed by atoms with Gasteiger partial charge in [0.25, 0.3) is 0 Å². The number of cyclic esters (lactones) is 2. The first-order valence-electron chi connectivity index (χ1n) is 8.51. The van der Waals surface area contributed by atoms with Crippen LogP contribution in [-0.2, 0) is 4.74 Å². The van der Waals surface area contributed by atoms with Gasteiger partial charge in [-0.15, -0.1) is 0 Å². The van der Waals surface area contributed by atoms with Gasteiger partial charge in [0.05, 0.1) is 25.3 Å². The average molecular weight is 362 g/mol. The minimum absolute atomic E-state index is 0.292. The Hall–Kier alpha value is -3.34. The summed E-state index contributed by atoms with van der Waals surface area (Å²) in [6.45, 7) is 3.87. The number of benzene rings is 3. The van der Waals surface area contributed by atoms with Crippen LogP contribution in [0.4, 0.5) is 0 Å². The summed E-state index contributed by atoms with van der Waals surface area (Å²) in [5.74, 6) is 0.228. The molecule has 0 amide bonds. The highest BCUT2D eigenvalue weighted by atomic mass is 16.6. The zero-order valence-electron chi connectivity index (χ0n) is 15.5. The minimum Gasteiger partial charge on any atom is -0.496 e. The van der Waals surface area contributed by atoms with Gasteiger partial charge in [0, 0.05) is 5.56 Å². The zero-order valence-corrected chi connectivity index (χ0v) is 15.5. The number of esters is 2. The van der Waals surface area contributed by atoms with Crippen LogP contribution in [0.1, 0.15) is 31.8 Å². The van der Waals surface area contributed by atoms with Crippen molar-refractivity contribution in [3.8, 4) is 22.6 Å². The van der Waals surface area contributed by atoms with Gasteiger partial charge in [0.15, 0.2) is 0 Å². The number of aryl methyl sites for hydroxylation is 2. The summed E-state index contributed by atoms with van der Waals surface area (Å²) in [4.78, 5) is 24.6. The number of hydrogen-bond donors (Lipinski definition) is 0. The monoisotopic (exact) mass is 362 g/mol. The summed E-state index contributed by atoms with van der Waals surface area (Å²) in [5, 5.41) is 1.68. The molecule has 0 spiro atoms. The lowest BCUT2D eigenvalue weighted by molar-refractivity contribution is 0.0444. The highest BCUT2D eigenvalue weighted by molar-refractivity contribution is 6.22. The Morgan fingerprint density at radius 2 is 1.48 bits per heavy atom. The zero-order chi connectivity index (χ0) is 19.3. The van der Waals surface area contributed by atoms with Gasteiger partial charge in [0.2, 0.25) is 0 Å². The van der Waals surface area contributed by atoms with Crippen LogP contribution in [0.5, 0.6) is 11.5 Å². The SMILES string of the molecule is COc1ccc(-c2c3c(cc4cc(C)c(OC)cc24)C(=O)OC3=O)cc1C. The third-order valence-electron chi connectivity index (χ3n) is 4.95. The number of carbonyl (C=O) groups is 2. The van der Waals surface area contributed by atoms with E-state index in [-0.39, 0.29) is 0 Å². The van der Waals surface area contributed by atoms with E-state index in [0.29, 0.717) is 22.4 Å². The van der Waals surface area contributed by atoms with Gasteiger partial charge >= 0.3 is 11.9 Å². The second-order valence-electron chi connectivity index (χ2n) is 6.58. The fourth-order valence-corrected chi connectivity index (χ4v) is 3.66. The number of carbonyl (C=O) groups excluding carboxylic acids is 2. The lowest BCUT2D eigenvalue weighted by atomic mass is 9.89. The van der Waals surface area contributed by atoms with Crippen LogP contribution < -0.4 is 9.47 Å². The Balaban J connectivity index is 2.14. The van der Waals surface area contributed by atoms with Crippen LogP contribution in [0, 0.1) is 13.8 Å². The molecule has 3 aromatic rings. The summed E-state index contributed by atoms with van der Waals surface area (Å²) in [6.07, 6.45) is 0. The highest BCUT2D eigenvalue weighted by Crippen LogP contribution is 2.41. The molecule has 0 N–H and O–H groups in total. The quantitative estimate of drug-likeness (QED) is 0.509. The Bertz CT molecular complexity index is 1130. The van der Waals surface area contributed by atoms with E-state index in [0.717, 1.165) is 33.2 Å². The molecular weight excluding hydrogens is 344 g/mol. The Morgan fingerprint density at radius 3 is 2.15 bits per heavy atom. The molecule has 0 unspecified atom stereocenters. The van der Waals surface area contributed by atoms with E-state index in [1.165, 1.54) is 0 Å². The first kappa shape index (κ1) is 17.1. The van der Waals surface area contributed by atoms with E-state index < -0.39 is 11.9 Å². The van der Waals surface area contributed by atoms with Gasteiger partial charge in [-0.05, 0) is 71.6 Å². The molecule has 0 atom stereocenters. The van der Waals surface area contributed by atoms with Gasteiger partial charge < -0.3 is 14.2 Å². The van der Waals surface area contributed by atoms with Crippen molar-refractivity contribution in [1.29, 1.82) is 0 Å². The van der Waals surface area contributed by atoms with E-state index in [2.05, 4.69) is 0 Å². The standard InChI is InChI=1S/C22H18O5/c1-11-7-13(5-6-17(11)25-3)19-15-10-18(26-4)12(2)8-14(15)9-16-20(19)22(24)27-21(16)23/h5-10H,1-4H3. The summed E-state index contributed by atoms with van der Waals surface area (Å²) in [7, 11) is 3.22. The normalized spacial score (nSPS) is 12.9. The predicted octanol–water partition coefficient (Wildman–Crippen LogP) is 4.45. The first-order chi connectivity index (χ1) is 12.9.